The molecular weight excluding hydrogens is 252 g/mol. The first-order chi connectivity index (χ1) is 8.65. The summed E-state index contributed by atoms with van der Waals surface area (Å²) in [6.45, 7) is 0. The van der Waals surface area contributed by atoms with Crippen LogP contribution in [-0.2, 0) is 0 Å². The van der Waals surface area contributed by atoms with E-state index in [9.17, 15) is 9.90 Å². The minimum atomic E-state index is -0.209. The van der Waals surface area contributed by atoms with E-state index in [4.69, 9.17) is 16.3 Å². The van der Waals surface area contributed by atoms with Crippen molar-refractivity contribution in [1.82, 2.24) is 0 Å². The van der Waals surface area contributed by atoms with Crippen molar-refractivity contribution in [2.75, 3.05) is 7.11 Å². The third-order valence-electron chi connectivity index (χ3n) is 2.56. The maximum Gasteiger partial charge on any atom is 0.194 e. The van der Waals surface area contributed by atoms with Gasteiger partial charge in [0.25, 0.3) is 0 Å². The number of methoxy groups -OCH3 is 1. The number of halogens is 1. The molecule has 0 heterocycles. The van der Waals surface area contributed by atoms with Crippen LogP contribution in [0.2, 0.25) is 5.02 Å². The Morgan fingerprint density at radius 2 is 1.83 bits per heavy atom. The highest BCUT2D eigenvalue weighted by Gasteiger charge is 2.18. The van der Waals surface area contributed by atoms with Gasteiger partial charge in [-0.25, -0.2) is 0 Å². The molecule has 2 rings (SSSR count). The quantitative estimate of drug-likeness (QED) is 0.864. The van der Waals surface area contributed by atoms with Crippen LogP contribution in [0.1, 0.15) is 15.9 Å². The molecule has 4 heteroatoms. The Morgan fingerprint density at radius 3 is 2.44 bits per heavy atom. The molecule has 0 atom stereocenters. The molecule has 2 aromatic carbocycles. The highest BCUT2D eigenvalue weighted by atomic mass is 35.5. The first kappa shape index (κ1) is 12.5. The Labute approximate surface area is 110 Å². The second-order valence-corrected chi connectivity index (χ2v) is 4.05. The van der Waals surface area contributed by atoms with Gasteiger partial charge in [0.1, 0.15) is 0 Å². The molecule has 0 bridgehead atoms. The third-order valence-corrected chi connectivity index (χ3v) is 2.94. The number of phenols is 1. The van der Waals surface area contributed by atoms with Gasteiger partial charge in [0, 0.05) is 11.1 Å². The number of benzene rings is 2. The zero-order valence-corrected chi connectivity index (χ0v) is 10.4. The van der Waals surface area contributed by atoms with E-state index in [1.807, 2.05) is 6.07 Å². The van der Waals surface area contributed by atoms with Gasteiger partial charge >= 0.3 is 0 Å². The van der Waals surface area contributed by atoms with E-state index in [0.717, 1.165) is 0 Å². The standard InChI is InChI=1S/C14H11ClO3/c1-18-14-11(16)8-7-10(12(14)15)13(17)9-5-3-2-4-6-9/h2-8,16H,1H3. The largest absolute Gasteiger partial charge is 0.504 e. The molecule has 1 N–H and O–H groups in total. The molecule has 0 saturated heterocycles. The van der Waals surface area contributed by atoms with Crippen molar-refractivity contribution in [3.8, 4) is 11.5 Å². The van der Waals surface area contributed by atoms with Gasteiger partial charge < -0.3 is 9.84 Å². The van der Waals surface area contributed by atoms with Crippen LogP contribution in [0.3, 0.4) is 0 Å². The third kappa shape index (κ3) is 2.17. The summed E-state index contributed by atoms with van der Waals surface area (Å²) in [5.41, 5.74) is 0.838. The van der Waals surface area contributed by atoms with Gasteiger partial charge in [-0.15, -0.1) is 0 Å². The Kier molecular flexibility index (Phi) is 3.53. The zero-order valence-electron chi connectivity index (χ0n) is 9.68. The minimum Gasteiger partial charge on any atom is -0.504 e. The molecule has 0 amide bonds. The van der Waals surface area contributed by atoms with E-state index >= 15 is 0 Å². The van der Waals surface area contributed by atoms with E-state index in [0.29, 0.717) is 11.1 Å². The van der Waals surface area contributed by atoms with Crippen molar-refractivity contribution in [3.63, 3.8) is 0 Å². The van der Waals surface area contributed by atoms with Crippen LogP contribution in [0.4, 0.5) is 0 Å². The summed E-state index contributed by atoms with van der Waals surface area (Å²) < 4.78 is 4.97. The van der Waals surface area contributed by atoms with Crippen LogP contribution in [0.25, 0.3) is 0 Å². The Balaban J connectivity index is 2.50. The number of ketones is 1. The first-order valence-corrected chi connectivity index (χ1v) is 5.68. The number of phenolic OH excluding ortho intramolecular Hbond substituents is 1. The number of carbonyl (C=O) groups excluding carboxylic acids is 1. The van der Waals surface area contributed by atoms with Crippen LogP contribution < -0.4 is 4.74 Å². The fraction of sp³-hybridized carbons (Fsp3) is 0.0714. The average Bonchev–Trinajstić information content (AvgIpc) is 2.40. The van der Waals surface area contributed by atoms with Crippen LogP contribution in [-0.4, -0.2) is 18.0 Å². The number of hydrogen-bond donors (Lipinski definition) is 1. The zero-order chi connectivity index (χ0) is 13.1. The molecule has 18 heavy (non-hydrogen) atoms. The second-order valence-electron chi connectivity index (χ2n) is 3.67. The molecule has 0 aliphatic carbocycles. The lowest BCUT2D eigenvalue weighted by Gasteiger charge is -2.09. The van der Waals surface area contributed by atoms with Crippen molar-refractivity contribution < 1.29 is 14.6 Å². The predicted octanol–water partition coefficient (Wildman–Crippen LogP) is 3.29. The van der Waals surface area contributed by atoms with Crippen molar-refractivity contribution in [1.29, 1.82) is 0 Å². The lowest BCUT2D eigenvalue weighted by atomic mass is 10.0. The average molecular weight is 263 g/mol. The summed E-state index contributed by atoms with van der Waals surface area (Å²) in [6, 6.07) is 11.7. The van der Waals surface area contributed by atoms with Crippen LogP contribution in [0.5, 0.6) is 11.5 Å². The molecule has 0 fully saturated rings. The van der Waals surface area contributed by atoms with Gasteiger partial charge in [0.2, 0.25) is 0 Å². The molecule has 2 aromatic rings. The molecule has 3 nitrogen and oxygen atoms in total. The molecule has 0 unspecified atom stereocenters. The van der Waals surface area contributed by atoms with Crippen molar-refractivity contribution in [2.24, 2.45) is 0 Å². The smallest absolute Gasteiger partial charge is 0.194 e. The van der Waals surface area contributed by atoms with Crippen LogP contribution in [0.15, 0.2) is 42.5 Å². The molecule has 0 aromatic heterocycles. The summed E-state index contributed by atoms with van der Waals surface area (Å²) in [5.74, 6) is -0.190. The predicted molar refractivity (Wildman–Crippen MR) is 69.5 cm³/mol. The molecule has 0 saturated carbocycles. The van der Waals surface area contributed by atoms with E-state index in [2.05, 4.69) is 0 Å². The number of carbonyl (C=O) groups is 1. The Hall–Kier alpha value is -2.00. The fourth-order valence-corrected chi connectivity index (χ4v) is 1.98. The molecule has 0 aliphatic heterocycles. The topological polar surface area (TPSA) is 46.5 Å². The normalized spacial score (nSPS) is 10.1. The number of ether oxygens (including phenoxy) is 1. The maximum absolute atomic E-state index is 12.2. The van der Waals surface area contributed by atoms with Gasteiger partial charge in [0.15, 0.2) is 17.3 Å². The highest BCUT2D eigenvalue weighted by molar-refractivity contribution is 6.36. The van der Waals surface area contributed by atoms with Crippen LogP contribution in [0, 0.1) is 0 Å². The van der Waals surface area contributed by atoms with Gasteiger partial charge in [-0.1, -0.05) is 41.9 Å². The van der Waals surface area contributed by atoms with E-state index < -0.39 is 0 Å². The second kappa shape index (κ2) is 5.10. The summed E-state index contributed by atoms with van der Waals surface area (Å²) in [4.78, 5) is 12.2. The SMILES string of the molecule is COc1c(O)ccc(C(=O)c2ccccc2)c1Cl. The van der Waals surface area contributed by atoms with Gasteiger partial charge in [0.05, 0.1) is 12.1 Å². The molecule has 92 valence electrons. The van der Waals surface area contributed by atoms with Crippen molar-refractivity contribution in [3.05, 3.63) is 58.6 Å². The molecule has 0 spiro atoms. The maximum atomic E-state index is 12.2. The van der Waals surface area contributed by atoms with Gasteiger partial charge in [-0.05, 0) is 12.1 Å². The molecule has 0 radical (unpaired) electrons. The number of rotatable bonds is 3. The van der Waals surface area contributed by atoms with Gasteiger partial charge in [-0.2, -0.15) is 0 Å². The van der Waals surface area contributed by atoms with Crippen LogP contribution >= 0.6 is 11.6 Å². The fourth-order valence-electron chi connectivity index (χ4n) is 1.66. The first-order valence-electron chi connectivity index (χ1n) is 5.30. The van der Waals surface area contributed by atoms with Crippen molar-refractivity contribution >= 4 is 17.4 Å². The summed E-state index contributed by atoms with van der Waals surface area (Å²) in [6.07, 6.45) is 0. The Morgan fingerprint density at radius 1 is 1.17 bits per heavy atom. The van der Waals surface area contributed by atoms with E-state index in [1.165, 1.54) is 19.2 Å². The molecule has 0 aliphatic rings. The number of hydrogen-bond acceptors (Lipinski definition) is 3. The van der Waals surface area contributed by atoms with Gasteiger partial charge in [-0.3, -0.25) is 4.79 Å². The Bertz CT molecular complexity index is 579. The minimum absolute atomic E-state index is 0.0906. The molecular formula is C14H11ClO3. The highest BCUT2D eigenvalue weighted by Crippen LogP contribution is 2.37. The van der Waals surface area contributed by atoms with E-state index in [1.54, 1.807) is 24.3 Å². The number of aromatic hydroxyl groups is 1. The summed E-state index contributed by atoms with van der Waals surface area (Å²) in [7, 11) is 1.39. The summed E-state index contributed by atoms with van der Waals surface area (Å²) in [5, 5.41) is 9.66. The van der Waals surface area contributed by atoms with E-state index in [-0.39, 0.29) is 22.3 Å². The monoisotopic (exact) mass is 262 g/mol. The lowest BCUT2D eigenvalue weighted by Crippen LogP contribution is -2.02. The van der Waals surface area contributed by atoms with Crippen molar-refractivity contribution in [2.45, 2.75) is 0 Å². The summed E-state index contributed by atoms with van der Waals surface area (Å²) >= 11 is 6.05. The lowest BCUT2D eigenvalue weighted by molar-refractivity contribution is 0.103.